The molecule has 0 bridgehead atoms. The van der Waals surface area contributed by atoms with Gasteiger partial charge in [-0.05, 0) is 34.6 Å². The van der Waals surface area contributed by atoms with Crippen LogP contribution in [-0.2, 0) is 28.7 Å². The van der Waals surface area contributed by atoms with E-state index in [4.69, 9.17) is 60.9 Å². The van der Waals surface area contributed by atoms with Gasteiger partial charge in [0.1, 0.15) is 0 Å². The minimum Gasteiger partial charge on any atom is -0.480 e. The molecule has 0 rings (SSSR count). The van der Waals surface area contributed by atoms with E-state index in [2.05, 4.69) is 63.1 Å². The van der Waals surface area contributed by atoms with E-state index in [1.807, 2.05) is 0 Å². The fraction of sp³-hybridized carbons (Fsp3) is 0.800. The molecule has 0 saturated heterocycles. The second kappa shape index (κ2) is 34.7. The van der Waals surface area contributed by atoms with Gasteiger partial charge in [-0.2, -0.15) is 63.1 Å². The van der Waals surface area contributed by atoms with Crippen LogP contribution in [0.15, 0.2) is 0 Å². The molecule has 17 nitrogen and oxygen atoms in total. The number of aliphatic hydroxyl groups excluding tert-OH is 6. The summed E-state index contributed by atoms with van der Waals surface area (Å²) in [5, 5.41) is 91.1. The van der Waals surface area contributed by atoms with Crippen molar-refractivity contribution in [3.63, 3.8) is 0 Å². The van der Waals surface area contributed by atoms with Crippen LogP contribution in [-0.4, -0.2) is 165 Å². The van der Waals surface area contributed by atoms with Crippen molar-refractivity contribution in [2.45, 2.75) is 60.9 Å². The third-order valence-corrected chi connectivity index (χ3v) is 5.72. The smallest absolute Gasteiger partial charge is 0.316 e. The molecule has 0 heterocycles. The Morgan fingerprint density at radius 3 is 0.596 bits per heavy atom. The Hall–Kier alpha value is -1.18. The van der Waals surface area contributed by atoms with Crippen LogP contribution >= 0.6 is 63.1 Å². The standard InChI is InChI=1S/C10H22O7.5C3H6O2S/c11-1-9(2-12,3-13)7-17-8-10(4-14,5-15)6-16;5*1-2(6)3(4)5/h11-16H,1-8H2;5*2,6H,1H3,(H,4,5). The fourth-order valence-electron chi connectivity index (χ4n) is 1.06. The molecule has 0 aliphatic heterocycles. The Bertz CT molecular complexity index is 679. The van der Waals surface area contributed by atoms with Gasteiger partial charge < -0.3 is 60.9 Å². The summed E-state index contributed by atoms with van der Waals surface area (Å²) in [5.41, 5.74) is -2.32. The monoisotopic (exact) mass is 784 g/mol. The van der Waals surface area contributed by atoms with Gasteiger partial charge in [-0.15, -0.1) is 0 Å². The summed E-state index contributed by atoms with van der Waals surface area (Å²) in [7, 11) is 0. The molecular weight excluding hydrogens is 733 g/mol. The third-order valence-electron chi connectivity index (χ3n) is 4.62. The van der Waals surface area contributed by atoms with Crippen LogP contribution in [0.25, 0.3) is 0 Å². The molecule has 47 heavy (non-hydrogen) atoms. The van der Waals surface area contributed by atoms with Gasteiger partial charge in [-0.25, -0.2) is 0 Å². The number of hydrogen-bond acceptors (Lipinski definition) is 17. The summed E-state index contributed by atoms with van der Waals surface area (Å²) in [6, 6.07) is 0. The number of aliphatic carboxylic acids is 5. The largest absolute Gasteiger partial charge is 0.480 e. The Kier molecular flexibility index (Phi) is 42.8. The molecule has 0 spiro atoms. The average molecular weight is 785 g/mol. The minimum atomic E-state index is -1.16. The number of rotatable bonds is 15. The minimum absolute atomic E-state index is 0.141. The lowest BCUT2D eigenvalue weighted by molar-refractivity contribution is -0.137. The number of hydrogen-bond donors (Lipinski definition) is 16. The molecule has 5 atom stereocenters. The molecule has 0 amide bonds. The Morgan fingerprint density at radius 1 is 0.426 bits per heavy atom. The Balaban J connectivity index is -0.000000117. The highest BCUT2D eigenvalue weighted by molar-refractivity contribution is 7.82. The van der Waals surface area contributed by atoms with Crippen molar-refractivity contribution in [2.24, 2.45) is 10.8 Å². The van der Waals surface area contributed by atoms with Gasteiger partial charge in [0, 0.05) is 0 Å². The summed E-state index contributed by atoms with van der Waals surface area (Å²) >= 11 is 18.0. The first-order valence-electron chi connectivity index (χ1n) is 13.1. The molecule has 0 aromatic heterocycles. The van der Waals surface area contributed by atoms with E-state index in [-0.39, 0.29) is 13.2 Å². The molecule has 11 N–H and O–H groups in total. The summed E-state index contributed by atoms with van der Waals surface area (Å²) in [6.45, 7) is 4.52. The second-order valence-electron chi connectivity index (χ2n) is 9.51. The normalized spacial score (nSPS) is 13.4. The summed E-state index contributed by atoms with van der Waals surface area (Å²) < 4.78 is 5.15. The number of carbonyl (C=O) groups is 5. The fourth-order valence-corrected chi connectivity index (χ4v) is 1.06. The summed E-state index contributed by atoms with van der Waals surface area (Å²) in [6.07, 6.45) is 0. The lowest BCUT2D eigenvalue weighted by Crippen LogP contribution is -2.43. The van der Waals surface area contributed by atoms with E-state index in [1.165, 1.54) is 34.6 Å². The summed E-state index contributed by atoms with van der Waals surface area (Å²) in [4.78, 5) is 48.1. The van der Waals surface area contributed by atoms with E-state index in [9.17, 15) is 24.0 Å². The van der Waals surface area contributed by atoms with Crippen molar-refractivity contribution in [2.75, 3.05) is 52.9 Å². The molecule has 0 saturated carbocycles. The molecule has 0 fully saturated rings. The van der Waals surface area contributed by atoms with Crippen LogP contribution < -0.4 is 0 Å². The van der Waals surface area contributed by atoms with Gasteiger partial charge in [0.2, 0.25) is 0 Å². The van der Waals surface area contributed by atoms with Crippen molar-refractivity contribution >= 4 is 93.0 Å². The molecule has 22 heteroatoms. The number of aliphatic hydroxyl groups is 6. The van der Waals surface area contributed by atoms with Crippen molar-refractivity contribution in [1.82, 2.24) is 0 Å². The van der Waals surface area contributed by atoms with Gasteiger partial charge >= 0.3 is 29.8 Å². The molecule has 0 aliphatic rings. The van der Waals surface area contributed by atoms with Gasteiger partial charge in [0.15, 0.2) is 0 Å². The SMILES string of the molecule is CC(S)C(=O)O.CC(S)C(=O)O.CC(S)C(=O)O.CC(S)C(=O)O.CC(S)C(=O)O.OCC(CO)(CO)COCC(CO)(CO)CO. The van der Waals surface area contributed by atoms with Crippen molar-refractivity contribution in [1.29, 1.82) is 0 Å². The molecule has 5 unspecified atom stereocenters. The van der Waals surface area contributed by atoms with Crippen molar-refractivity contribution < 1.29 is 84.9 Å². The predicted molar refractivity (Wildman–Crippen MR) is 189 cm³/mol. The van der Waals surface area contributed by atoms with Gasteiger partial charge in [0.25, 0.3) is 0 Å². The zero-order chi connectivity index (χ0) is 39.1. The predicted octanol–water partition coefficient (Wildman–Crippen LogP) is -1.12. The van der Waals surface area contributed by atoms with E-state index in [0.717, 1.165) is 0 Å². The first-order valence-corrected chi connectivity index (χ1v) is 15.6. The maximum absolute atomic E-state index is 9.62. The second-order valence-corrected chi connectivity index (χ2v) is 13.4. The first-order chi connectivity index (χ1) is 21.3. The van der Waals surface area contributed by atoms with Crippen LogP contribution in [0.2, 0.25) is 0 Å². The maximum Gasteiger partial charge on any atom is 0.316 e. The van der Waals surface area contributed by atoms with Crippen LogP contribution in [0.5, 0.6) is 0 Å². The maximum atomic E-state index is 9.62. The van der Waals surface area contributed by atoms with Gasteiger partial charge in [0.05, 0.1) is 89.9 Å². The van der Waals surface area contributed by atoms with Crippen LogP contribution in [0.3, 0.4) is 0 Å². The number of carboxylic acid groups (broad SMARTS) is 5. The highest BCUT2D eigenvalue weighted by Gasteiger charge is 2.32. The van der Waals surface area contributed by atoms with E-state index in [1.54, 1.807) is 0 Å². The quantitative estimate of drug-likeness (QED) is 0.0874. The van der Waals surface area contributed by atoms with Crippen LogP contribution in [0.1, 0.15) is 34.6 Å². The van der Waals surface area contributed by atoms with E-state index in [0.29, 0.717) is 0 Å². The van der Waals surface area contributed by atoms with Gasteiger partial charge in [-0.3, -0.25) is 24.0 Å². The lowest BCUT2D eigenvalue weighted by Gasteiger charge is -2.31. The third kappa shape index (κ3) is 40.9. The molecule has 0 aromatic carbocycles. The molecule has 0 radical (unpaired) electrons. The molecule has 284 valence electrons. The Labute approximate surface area is 301 Å². The van der Waals surface area contributed by atoms with Gasteiger partial charge in [-0.1, -0.05) is 0 Å². The van der Waals surface area contributed by atoms with Crippen molar-refractivity contribution in [3.05, 3.63) is 0 Å². The number of carboxylic acids is 5. The van der Waals surface area contributed by atoms with E-state index < -0.39 is 107 Å². The summed E-state index contributed by atoms with van der Waals surface area (Å²) in [5.74, 6) is -4.38. The average Bonchev–Trinajstić information content (AvgIpc) is 2.99. The molecule has 0 aliphatic carbocycles. The first kappa shape index (κ1) is 58.0. The molecular formula is C25H52O17S5. The molecule has 0 aromatic rings. The Morgan fingerprint density at radius 2 is 0.532 bits per heavy atom. The topological polar surface area (TPSA) is 317 Å². The van der Waals surface area contributed by atoms with Crippen LogP contribution in [0, 0.1) is 10.8 Å². The van der Waals surface area contributed by atoms with E-state index >= 15 is 0 Å². The van der Waals surface area contributed by atoms with Crippen molar-refractivity contribution in [3.8, 4) is 0 Å². The highest BCUT2D eigenvalue weighted by atomic mass is 32.1. The zero-order valence-electron chi connectivity index (χ0n) is 26.6. The highest BCUT2D eigenvalue weighted by Crippen LogP contribution is 2.19. The zero-order valence-corrected chi connectivity index (χ0v) is 31.1. The lowest BCUT2D eigenvalue weighted by atomic mass is 9.91. The van der Waals surface area contributed by atoms with Crippen LogP contribution in [0.4, 0.5) is 0 Å². The number of ether oxygens (including phenoxy) is 1. The number of thiol groups is 5.